The molecule has 0 saturated carbocycles. The molecular weight excluding hydrogens is 425 g/mol. The zero-order valence-electron chi connectivity index (χ0n) is 18.9. The van der Waals surface area contributed by atoms with Crippen molar-refractivity contribution in [2.45, 2.75) is 64.6 Å². The van der Waals surface area contributed by atoms with Crippen molar-refractivity contribution in [3.8, 4) is 0 Å². The van der Waals surface area contributed by atoms with E-state index in [1.807, 2.05) is 13.8 Å². The summed E-state index contributed by atoms with van der Waals surface area (Å²) in [7, 11) is 0. The van der Waals surface area contributed by atoms with Crippen molar-refractivity contribution in [1.29, 1.82) is 0 Å². The highest BCUT2D eigenvalue weighted by Crippen LogP contribution is 2.38. The first-order chi connectivity index (χ1) is 15.8. The molecule has 8 nitrogen and oxygen atoms in total. The van der Waals surface area contributed by atoms with Gasteiger partial charge in [-0.05, 0) is 75.4 Å². The normalized spacial score (nSPS) is 22.1. The topological polar surface area (TPSA) is 98.4 Å². The number of imidazole rings is 1. The molecule has 1 aromatic heterocycles. The van der Waals surface area contributed by atoms with Crippen molar-refractivity contribution in [2.24, 2.45) is 0 Å². The van der Waals surface area contributed by atoms with Crippen molar-refractivity contribution in [3.05, 3.63) is 51.9 Å². The van der Waals surface area contributed by atoms with Gasteiger partial charge in [0, 0.05) is 30.8 Å². The van der Waals surface area contributed by atoms with Crippen LogP contribution in [0.15, 0.2) is 12.1 Å². The van der Waals surface area contributed by atoms with E-state index < -0.39 is 17.8 Å². The van der Waals surface area contributed by atoms with Crippen molar-refractivity contribution in [1.82, 2.24) is 25.1 Å². The average molecular weight is 454 g/mol. The van der Waals surface area contributed by atoms with E-state index in [4.69, 9.17) is 0 Å². The predicted octanol–water partition coefficient (Wildman–Crippen LogP) is 2.31. The number of hydrogen-bond acceptors (Lipinski definition) is 5. The van der Waals surface area contributed by atoms with Crippen LogP contribution in [0.3, 0.4) is 0 Å². The van der Waals surface area contributed by atoms with Gasteiger partial charge in [-0.1, -0.05) is 0 Å². The van der Waals surface area contributed by atoms with Gasteiger partial charge >= 0.3 is 0 Å². The number of fused-ring (bicyclic) bond motifs is 1. The lowest BCUT2D eigenvalue weighted by molar-refractivity contribution is -0.136. The number of rotatable bonds is 4. The van der Waals surface area contributed by atoms with E-state index in [0.717, 1.165) is 60.8 Å². The van der Waals surface area contributed by atoms with E-state index in [-0.39, 0.29) is 30.7 Å². The van der Waals surface area contributed by atoms with E-state index in [1.165, 1.54) is 11.0 Å². The number of aryl methyl sites for hydroxylation is 2. The number of nitrogens with one attached hydrogen (secondary N) is 2. The average Bonchev–Trinajstić information content (AvgIpc) is 3.26. The Hall–Kier alpha value is -3.07. The summed E-state index contributed by atoms with van der Waals surface area (Å²) in [5.41, 5.74) is 4.19. The number of carbonyl (C=O) groups is 3. The van der Waals surface area contributed by atoms with E-state index in [2.05, 4.69) is 20.2 Å². The van der Waals surface area contributed by atoms with Gasteiger partial charge < -0.3 is 9.88 Å². The number of halogens is 1. The molecule has 174 valence electrons. The monoisotopic (exact) mass is 453 g/mol. The molecule has 9 heteroatoms. The maximum Gasteiger partial charge on any atom is 0.255 e. The summed E-state index contributed by atoms with van der Waals surface area (Å²) in [4.78, 5) is 48.6. The van der Waals surface area contributed by atoms with Crippen LogP contribution in [0.5, 0.6) is 0 Å². The first kappa shape index (κ1) is 21.8. The summed E-state index contributed by atoms with van der Waals surface area (Å²) in [6.07, 6.45) is 2.23. The third-order valence-corrected chi connectivity index (χ3v) is 7.16. The van der Waals surface area contributed by atoms with Gasteiger partial charge in [-0.25, -0.2) is 9.37 Å². The minimum atomic E-state index is -0.694. The largest absolute Gasteiger partial charge is 0.346 e. The molecule has 2 saturated heterocycles. The van der Waals surface area contributed by atoms with Gasteiger partial charge in [0.05, 0.1) is 5.69 Å². The number of imide groups is 1. The molecule has 5 rings (SSSR count). The van der Waals surface area contributed by atoms with E-state index >= 15 is 0 Å². The Morgan fingerprint density at radius 1 is 1.12 bits per heavy atom. The number of carbonyl (C=O) groups excluding carboxylic acids is 3. The number of H-pyrrole nitrogens is 1. The van der Waals surface area contributed by atoms with E-state index in [1.54, 1.807) is 6.07 Å². The third kappa shape index (κ3) is 4.06. The van der Waals surface area contributed by atoms with Crippen LogP contribution in [0.2, 0.25) is 0 Å². The highest BCUT2D eigenvalue weighted by atomic mass is 19.1. The van der Waals surface area contributed by atoms with Crippen LogP contribution in [0.1, 0.15) is 70.3 Å². The van der Waals surface area contributed by atoms with Crippen LogP contribution < -0.4 is 5.32 Å². The smallest absolute Gasteiger partial charge is 0.255 e. The number of amides is 3. The molecule has 2 fully saturated rings. The number of aromatic nitrogens is 2. The fourth-order valence-corrected chi connectivity index (χ4v) is 5.44. The van der Waals surface area contributed by atoms with Crippen molar-refractivity contribution in [2.75, 3.05) is 13.1 Å². The van der Waals surface area contributed by atoms with Gasteiger partial charge in [-0.2, -0.15) is 0 Å². The van der Waals surface area contributed by atoms with Gasteiger partial charge in [0.1, 0.15) is 17.7 Å². The lowest BCUT2D eigenvalue weighted by Crippen LogP contribution is -2.52. The number of aromatic amines is 1. The molecule has 1 unspecified atom stereocenters. The minimum absolute atomic E-state index is 0.155. The molecule has 1 atom stereocenters. The summed E-state index contributed by atoms with van der Waals surface area (Å²) >= 11 is 0. The highest BCUT2D eigenvalue weighted by molar-refractivity contribution is 6.05. The van der Waals surface area contributed by atoms with Crippen LogP contribution in [-0.4, -0.2) is 56.6 Å². The van der Waals surface area contributed by atoms with E-state index in [0.29, 0.717) is 12.0 Å². The quantitative estimate of drug-likeness (QED) is 0.693. The Morgan fingerprint density at radius 3 is 2.55 bits per heavy atom. The van der Waals surface area contributed by atoms with Crippen molar-refractivity contribution < 1.29 is 18.8 Å². The summed E-state index contributed by atoms with van der Waals surface area (Å²) in [6.45, 7) is 6.78. The summed E-state index contributed by atoms with van der Waals surface area (Å²) in [5, 5.41) is 2.31. The third-order valence-electron chi connectivity index (χ3n) is 7.16. The molecule has 0 spiro atoms. The molecule has 0 radical (unpaired) electrons. The van der Waals surface area contributed by atoms with Crippen LogP contribution in [0.25, 0.3) is 0 Å². The molecule has 0 aliphatic carbocycles. The second kappa shape index (κ2) is 8.37. The number of piperidine rings is 2. The molecule has 1 aromatic carbocycles. The highest BCUT2D eigenvalue weighted by Gasteiger charge is 2.41. The Balaban J connectivity index is 1.32. The fraction of sp³-hybridized carbons (Fsp3) is 0.500. The standard InChI is InChI=1S/C24H28FN5O3/c1-13-20(27-14(2)26-13)12-29-7-5-15(6-8-29)17-9-16(25)10-18-19(17)11-30(24(18)33)21-3-4-22(31)28-23(21)32/h9-10,15,21H,3-8,11-12H2,1-2H3,(H,26,27)(H,28,31,32). The second-order valence-electron chi connectivity index (χ2n) is 9.37. The molecule has 33 heavy (non-hydrogen) atoms. The van der Waals surface area contributed by atoms with Crippen LogP contribution in [0, 0.1) is 19.7 Å². The summed E-state index contributed by atoms with van der Waals surface area (Å²) in [5.74, 6) is -0.458. The Morgan fingerprint density at radius 2 is 1.88 bits per heavy atom. The maximum absolute atomic E-state index is 14.5. The molecule has 2 aromatic rings. The maximum atomic E-state index is 14.5. The molecule has 4 heterocycles. The van der Waals surface area contributed by atoms with Gasteiger partial charge in [0.25, 0.3) is 5.91 Å². The van der Waals surface area contributed by atoms with Gasteiger partial charge in [-0.15, -0.1) is 0 Å². The van der Waals surface area contributed by atoms with Crippen LogP contribution in [0.4, 0.5) is 4.39 Å². The molecule has 3 aliphatic heterocycles. The number of nitrogens with zero attached hydrogens (tertiary/aromatic N) is 3. The Labute approximate surface area is 191 Å². The van der Waals surface area contributed by atoms with Crippen molar-refractivity contribution >= 4 is 17.7 Å². The van der Waals surface area contributed by atoms with Gasteiger partial charge in [-0.3, -0.25) is 24.6 Å². The lowest BCUT2D eigenvalue weighted by atomic mass is 9.85. The fourth-order valence-electron chi connectivity index (χ4n) is 5.44. The van der Waals surface area contributed by atoms with Gasteiger partial charge in [0.2, 0.25) is 11.8 Å². The van der Waals surface area contributed by atoms with Crippen molar-refractivity contribution in [3.63, 3.8) is 0 Å². The molecule has 3 amide bonds. The zero-order valence-corrected chi connectivity index (χ0v) is 18.9. The second-order valence-corrected chi connectivity index (χ2v) is 9.37. The van der Waals surface area contributed by atoms with E-state index in [9.17, 15) is 18.8 Å². The zero-order chi connectivity index (χ0) is 23.3. The first-order valence-corrected chi connectivity index (χ1v) is 11.5. The van der Waals surface area contributed by atoms with Crippen LogP contribution >= 0.6 is 0 Å². The summed E-state index contributed by atoms with van der Waals surface area (Å²) < 4.78 is 14.5. The number of likely N-dealkylation sites (tertiary alicyclic amines) is 1. The summed E-state index contributed by atoms with van der Waals surface area (Å²) in [6, 6.07) is 2.15. The Kier molecular flexibility index (Phi) is 5.52. The molecular formula is C24H28FN5O3. The SMILES string of the molecule is Cc1nc(CN2CCC(c3cc(F)cc4c3CN(C3CCC(=O)NC3=O)C4=O)CC2)c(C)[nH]1. The minimum Gasteiger partial charge on any atom is -0.346 e. The molecule has 0 bridgehead atoms. The number of benzene rings is 1. The molecule has 2 N–H and O–H groups in total. The first-order valence-electron chi connectivity index (χ1n) is 11.5. The molecule has 3 aliphatic rings. The lowest BCUT2D eigenvalue weighted by Gasteiger charge is -2.33. The van der Waals surface area contributed by atoms with Gasteiger partial charge in [0.15, 0.2) is 0 Å². The van der Waals surface area contributed by atoms with Crippen LogP contribution in [-0.2, 0) is 22.7 Å². The number of hydrogen-bond donors (Lipinski definition) is 2. The Bertz CT molecular complexity index is 1140. The predicted molar refractivity (Wildman–Crippen MR) is 118 cm³/mol.